The normalized spacial score (nSPS) is 22.1. The van der Waals surface area contributed by atoms with Crippen molar-refractivity contribution in [1.82, 2.24) is 9.55 Å². The molecule has 0 bridgehead atoms. The van der Waals surface area contributed by atoms with E-state index in [2.05, 4.69) is 4.98 Å². The lowest BCUT2D eigenvalue weighted by atomic mass is 10.2. The van der Waals surface area contributed by atoms with Crippen LogP contribution in [0.4, 0.5) is 0 Å². The Morgan fingerprint density at radius 3 is 2.59 bits per heavy atom. The van der Waals surface area contributed by atoms with Gasteiger partial charge in [0.2, 0.25) is 0 Å². The van der Waals surface area contributed by atoms with E-state index >= 15 is 0 Å². The molecule has 0 amide bonds. The third-order valence-corrected chi connectivity index (χ3v) is 5.67. The number of H-pyrrole nitrogens is 1. The number of nitrogens with one attached hydrogen (secondary N) is 1. The van der Waals surface area contributed by atoms with Gasteiger partial charge in [0.25, 0.3) is 5.56 Å². The molecular weight excluding hydrogens is 311 g/mol. The number of rotatable bonds is 7. The highest BCUT2D eigenvalue weighted by atomic mass is 31.2. The second kappa shape index (κ2) is 7.37. The minimum Gasteiger partial charge on any atom is -0.360 e. The van der Waals surface area contributed by atoms with Crippen molar-refractivity contribution in [2.24, 2.45) is 0 Å². The van der Waals surface area contributed by atoms with Gasteiger partial charge < -0.3 is 13.8 Å². The van der Waals surface area contributed by atoms with Gasteiger partial charge in [-0.15, -0.1) is 0 Å². The summed E-state index contributed by atoms with van der Waals surface area (Å²) in [7, 11) is -3.30. The molecule has 0 spiro atoms. The summed E-state index contributed by atoms with van der Waals surface area (Å²) >= 11 is 0. The molecule has 22 heavy (non-hydrogen) atoms. The Bertz CT molecular complexity index is 644. The molecule has 2 heterocycles. The number of nitrogens with zero attached hydrogens (tertiary/aromatic N) is 1. The molecule has 1 aromatic rings. The van der Waals surface area contributed by atoms with Crippen molar-refractivity contribution in [2.45, 2.75) is 45.2 Å². The summed E-state index contributed by atoms with van der Waals surface area (Å²) in [6.07, 6.45) is 2.32. The van der Waals surface area contributed by atoms with E-state index in [4.69, 9.17) is 13.8 Å². The molecule has 0 saturated carbocycles. The predicted octanol–water partition coefficient (Wildman–Crippen LogP) is 1.31. The van der Waals surface area contributed by atoms with Crippen molar-refractivity contribution in [1.29, 1.82) is 0 Å². The Kier molecular flexibility index (Phi) is 5.74. The van der Waals surface area contributed by atoms with Crippen molar-refractivity contribution in [3.63, 3.8) is 0 Å². The molecule has 2 unspecified atom stereocenters. The highest BCUT2D eigenvalue weighted by Crippen LogP contribution is 2.57. The average Bonchev–Trinajstić information content (AvgIpc) is 2.92. The van der Waals surface area contributed by atoms with E-state index in [0.29, 0.717) is 12.8 Å². The first kappa shape index (κ1) is 17.1. The average molecular weight is 332 g/mol. The smallest absolute Gasteiger partial charge is 0.359 e. The second-order valence-electron chi connectivity index (χ2n) is 4.93. The van der Waals surface area contributed by atoms with Crippen LogP contribution in [-0.4, -0.2) is 34.7 Å². The van der Waals surface area contributed by atoms with Gasteiger partial charge in [-0.3, -0.25) is 18.9 Å². The quantitative estimate of drug-likeness (QED) is 0.756. The Balaban J connectivity index is 2.04. The molecule has 0 aliphatic carbocycles. The minimum absolute atomic E-state index is 0.275. The molecule has 124 valence electrons. The molecule has 2 atom stereocenters. The molecule has 0 radical (unpaired) electrons. The Morgan fingerprint density at radius 2 is 2.00 bits per heavy atom. The predicted molar refractivity (Wildman–Crippen MR) is 80.1 cm³/mol. The molecule has 1 aromatic heterocycles. The van der Waals surface area contributed by atoms with E-state index in [-0.39, 0.29) is 25.9 Å². The zero-order valence-corrected chi connectivity index (χ0v) is 13.6. The molecule has 1 aliphatic heterocycles. The SMILES string of the molecule is CCOP(=O)(OCC)C1CCC(Cn2ccc(=O)[nH]c2=O)O1. The van der Waals surface area contributed by atoms with E-state index in [1.807, 2.05) is 0 Å². The summed E-state index contributed by atoms with van der Waals surface area (Å²) in [6, 6.07) is 1.28. The van der Waals surface area contributed by atoms with Gasteiger partial charge in [-0.05, 0) is 26.7 Å². The number of hydrogen-bond acceptors (Lipinski definition) is 6. The van der Waals surface area contributed by atoms with Crippen molar-refractivity contribution in [2.75, 3.05) is 13.2 Å². The largest absolute Gasteiger partial charge is 0.360 e. The Labute approximate surface area is 127 Å². The standard InChI is InChI=1S/C13H21N2O6P/c1-3-19-22(18,20-4-2)12-6-5-10(21-12)9-15-8-7-11(16)14-13(15)17/h7-8,10,12H,3-6,9H2,1-2H3,(H,14,16,17). The van der Waals surface area contributed by atoms with E-state index in [1.165, 1.54) is 16.8 Å². The van der Waals surface area contributed by atoms with E-state index < -0.39 is 24.7 Å². The number of ether oxygens (including phenoxy) is 1. The van der Waals surface area contributed by atoms with Crippen LogP contribution in [0.25, 0.3) is 0 Å². The maximum Gasteiger partial charge on any atom is 0.359 e. The third-order valence-electron chi connectivity index (χ3n) is 3.35. The summed E-state index contributed by atoms with van der Waals surface area (Å²) in [5.74, 6) is -0.615. The molecule has 1 saturated heterocycles. The lowest BCUT2D eigenvalue weighted by Gasteiger charge is -2.23. The number of aromatic amines is 1. The molecular formula is C13H21N2O6P. The molecule has 2 rings (SSSR count). The fourth-order valence-corrected chi connectivity index (χ4v) is 4.34. The maximum absolute atomic E-state index is 12.6. The molecule has 1 fully saturated rings. The van der Waals surface area contributed by atoms with Crippen LogP contribution < -0.4 is 11.2 Å². The first-order valence-electron chi connectivity index (χ1n) is 7.32. The van der Waals surface area contributed by atoms with E-state index in [9.17, 15) is 14.2 Å². The lowest BCUT2D eigenvalue weighted by Crippen LogP contribution is -2.32. The number of hydrogen-bond donors (Lipinski definition) is 1. The third kappa shape index (κ3) is 3.95. The van der Waals surface area contributed by atoms with Crippen LogP contribution in [0.3, 0.4) is 0 Å². The van der Waals surface area contributed by atoms with Gasteiger partial charge in [-0.2, -0.15) is 0 Å². The summed E-state index contributed by atoms with van der Waals surface area (Å²) in [5.41, 5.74) is -0.930. The van der Waals surface area contributed by atoms with Gasteiger partial charge in [0.1, 0.15) is 0 Å². The van der Waals surface area contributed by atoms with E-state index in [1.54, 1.807) is 13.8 Å². The van der Waals surface area contributed by atoms with Gasteiger partial charge in [0.15, 0.2) is 5.85 Å². The van der Waals surface area contributed by atoms with Crippen LogP contribution in [0.2, 0.25) is 0 Å². The second-order valence-corrected chi connectivity index (χ2v) is 7.10. The van der Waals surface area contributed by atoms with Crippen LogP contribution in [0.1, 0.15) is 26.7 Å². The van der Waals surface area contributed by atoms with Crippen LogP contribution in [0.5, 0.6) is 0 Å². The summed E-state index contributed by atoms with van der Waals surface area (Å²) < 4.78 is 30.3. The van der Waals surface area contributed by atoms with Crippen LogP contribution in [-0.2, 0) is 24.9 Å². The molecule has 1 aliphatic rings. The Hall–Kier alpha value is -1.21. The van der Waals surface area contributed by atoms with Gasteiger partial charge in [-0.25, -0.2) is 4.79 Å². The summed E-state index contributed by atoms with van der Waals surface area (Å²) in [6.45, 7) is 4.34. The molecule has 8 nitrogen and oxygen atoms in total. The zero-order valence-electron chi connectivity index (χ0n) is 12.7. The van der Waals surface area contributed by atoms with Gasteiger partial charge in [-0.1, -0.05) is 0 Å². The summed E-state index contributed by atoms with van der Waals surface area (Å²) in [4.78, 5) is 24.9. The highest BCUT2D eigenvalue weighted by Gasteiger charge is 2.42. The van der Waals surface area contributed by atoms with Crippen LogP contribution >= 0.6 is 7.60 Å². The molecule has 9 heteroatoms. The highest BCUT2D eigenvalue weighted by molar-refractivity contribution is 7.54. The van der Waals surface area contributed by atoms with Crippen LogP contribution in [0.15, 0.2) is 21.9 Å². The van der Waals surface area contributed by atoms with Crippen molar-refractivity contribution in [3.8, 4) is 0 Å². The molecule has 0 aromatic carbocycles. The van der Waals surface area contributed by atoms with E-state index in [0.717, 1.165) is 0 Å². The maximum atomic E-state index is 12.6. The molecule has 1 N–H and O–H groups in total. The topological polar surface area (TPSA) is 99.6 Å². The first-order valence-corrected chi connectivity index (χ1v) is 8.93. The van der Waals surface area contributed by atoms with Crippen LogP contribution in [0, 0.1) is 0 Å². The summed E-state index contributed by atoms with van der Waals surface area (Å²) in [5, 5.41) is 0. The Morgan fingerprint density at radius 1 is 1.32 bits per heavy atom. The number of aromatic nitrogens is 2. The van der Waals surface area contributed by atoms with Crippen molar-refractivity contribution in [3.05, 3.63) is 33.1 Å². The fraction of sp³-hybridized carbons (Fsp3) is 0.692. The monoisotopic (exact) mass is 332 g/mol. The first-order chi connectivity index (χ1) is 10.5. The minimum atomic E-state index is -3.30. The van der Waals surface area contributed by atoms with Gasteiger partial charge in [0.05, 0.1) is 25.9 Å². The lowest BCUT2D eigenvalue weighted by molar-refractivity contribution is 0.0507. The van der Waals surface area contributed by atoms with Crippen molar-refractivity contribution >= 4 is 7.60 Å². The van der Waals surface area contributed by atoms with Gasteiger partial charge in [0, 0.05) is 12.3 Å². The van der Waals surface area contributed by atoms with Gasteiger partial charge >= 0.3 is 13.3 Å². The van der Waals surface area contributed by atoms with Crippen molar-refractivity contribution < 1.29 is 18.3 Å². The fourth-order valence-electron chi connectivity index (χ4n) is 2.42. The zero-order chi connectivity index (χ0) is 16.2.